The van der Waals surface area contributed by atoms with E-state index in [1.54, 1.807) is 0 Å². The van der Waals surface area contributed by atoms with Crippen LogP contribution in [0.15, 0.2) is 0 Å². The van der Waals surface area contributed by atoms with Crippen LogP contribution < -0.4 is 0 Å². The molecule has 94 valence electrons. The first-order valence-corrected chi connectivity index (χ1v) is 5.34. The Kier molecular flexibility index (Phi) is 18.6. The molecule has 5 N–H and O–H groups in total. The van der Waals surface area contributed by atoms with Crippen molar-refractivity contribution in [2.24, 2.45) is 0 Å². The molecule has 0 saturated heterocycles. The first kappa shape index (κ1) is 17.2. The van der Waals surface area contributed by atoms with E-state index in [4.69, 9.17) is 25.5 Å². The number of hydrogen-bond acceptors (Lipinski definition) is 5. The lowest BCUT2D eigenvalue weighted by Crippen LogP contribution is -2.12. The number of unbranched alkanes of at least 4 members (excludes halogenated alkanes) is 3. The molecule has 0 saturated carbocycles. The molecule has 0 aromatic rings. The normalized spacial score (nSPS) is 11.8. The van der Waals surface area contributed by atoms with Crippen LogP contribution in [0.4, 0.5) is 0 Å². The molecule has 0 aromatic heterocycles. The Morgan fingerprint density at radius 2 is 1.13 bits per heavy atom. The van der Waals surface area contributed by atoms with E-state index in [0.717, 1.165) is 25.7 Å². The Morgan fingerprint density at radius 1 is 0.667 bits per heavy atom. The molecule has 0 aliphatic rings. The maximum Gasteiger partial charge on any atom is 0.0792 e. The largest absolute Gasteiger partial charge is 0.396 e. The first-order chi connectivity index (χ1) is 7.22. The van der Waals surface area contributed by atoms with Gasteiger partial charge >= 0.3 is 0 Å². The van der Waals surface area contributed by atoms with E-state index < -0.39 is 6.10 Å². The Labute approximate surface area is 91.0 Å². The summed E-state index contributed by atoms with van der Waals surface area (Å²) in [6.07, 6.45) is 3.34. The SMILES string of the molecule is OCCC(O)CO.OCCCCCCO. The van der Waals surface area contributed by atoms with E-state index in [1.165, 1.54) is 0 Å². The average Bonchev–Trinajstić information content (AvgIpc) is 2.26. The van der Waals surface area contributed by atoms with Crippen molar-refractivity contribution in [3.05, 3.63) is 0 Å². The number of hydrogen-bond donors (Lipinski definition) is 5. The molecule has 5 heteroatoms. The zero-order valence-electron chi connectivity index (χ0n) is 9.18. The first-order valence-electron chi connectivity index (χ1n) is 5.34. The third kappa shape index (κ3) is 20.0. The maximum atomic E-state index is 8.45. The molecule has 0 heterocycles. The third-order valence-corrected chi connectivity index (χ3v) is 1.74. The molecular formula is C10H24O5. The standard InChI is InChI=1S/C6H14O2.C4H10O3/c7-5-3-1-2-4-6-8;5-2-1-4(7)3-6/h7-8H,1-6H2;4-7H,1-3H2. The second kappa shape index (κ2) is 16.2. The number of rotatable bonds is 8. The Hall–Kier alpha value is -0.200. The minimum Gasteiger partial charge on any atom is -0.396 e. The quantitative estimate of drug-likeness (QED) is 0.349. The van der Waals surface area contributed by atoms with Gasteiger partial charge in [0.25, 0.3) is 0 Å². The summed E-state index contributed by atoms with van der Waals surface area (Å²) in [5.41, 5.74) is 0. The van der Waals surface area contributed by atoms with Crippen molar-refractivity contribution in [2.45, 2.75) is 38.2 Å². The monoisotopic (exact) mass is 224 g/mol. The van der Waals surface area contributed by atoms with Crippen LogP contribution in [-0.2, 0) is 0 Å². The second-order valence-corrected chi connectivity index (χ2v) is 3.21. The highest BCUT2D eigenvalue weighted by Gasteiger charge is 1.96. The van der Waals surface area contributed by atoms with Crippen LogP contribution in [0.1, 0.15) is 32.1 Å². The summed E-state index contributed by atoms with van der Waals surface area (Å²) in [7, 11) is 0. The number of aliphatic hydroxyl groups is 5. The van der Waals surface area contributed by atoms with E-state index in [2.05, 4.69) is 0 Å². The van der Waals surface area contributed by atoms with E-state index in [1.807, 2.05) is 0 Å². The van der Waals surface area contributed by atoms with Crippen molar-refractivity contribution in [1.82, 2.24) is 0 Å². The van der Waals surface area contributed by atoms with Crippen molar-refractivity contribution in [2.75, 3.05) is 26.4 Å². The van der Waals surface area contributed by atoms with Crippen molar-refractivity contribution >= 4 is 0 Å². The minimum atomic E-state index is -0.745. The highest BCUT2D eigenvalue weighted by molar-refractivity contribution is 4.48. The van der Waals surface area contributed by atoms with Crippen LogP contribution in [0.2, 0.25) is 0 Å². The van der Waals surface area contributed by atoms with Gasteiger partial charge in [0.05, 0.1) is 12.7 Å². The third-order valence-electron chi connectivity index (χ3n) is 1.74. The highest BCUT2D eigenvalue weighted by atomic mass is 16.3. The van der Waals surface area contributed by atoms with Gasteiger partial charge in [-0.2, -0.15) is 0 Å². The summed E-state index contributed by atoms with van der Waals surface area (Å²) in [6, 6.07) is 0. The van der Waals surface area contributed by atoms with Crippen molar-refractivity contribution < 1.29 is 25.5 Å². The van der Waals surface area contributed by atoms with Gasteiger partial charge < -0.3 is 25.5 Å². The van der Waals surface area contributed by atoms with Gasteiger partial charge in [-0.05, 0) is 19.3 Å². The van der Waals surface area contributed by atoms with Crippen LogP contribution in [0.25, 0.3) is 0 Å². The number of aliphatic hydroxyl groups excluding tert-OH is 5. The molecule has 0 fully saturated rings. The second-order valence-electron chi connectivity index (χ2n) is 3.21. The summed E-state index contributed by atoms with van der Waals surface area (Å²) in [4.78, 5) is 0. The molecule has 0 aliphatic heterocycles. The molecule has 1 unspecified atom stereocenters. The molecule has 0 aliphatic carbocycles. The Balaban J connectivity index is 0. The van der Waals surface area contributed by atoms with Gasteiger partial charge in [0, 0.05) is 19.8 Å². The fourth-order valence-electron chi connectivity index (χ4n) is 0.817. The van der Waals surface area contributed by atoms with E-state index in [0.29, 0.717) is 0 Å². The van der Waals surface area contributed by atoms with Gasteiger partial charge in [-0.25, -0.2) is 0 Å². The molecule has 1 atom stereocenters. The van der Waals surface area contributed by atoms with Crippen LogP contribution in [0, 0.1) is 0 Å². The summed E-state index contributed by atoms with van der Waals surface area (Å²) in [6.45, 7) is 0.235. The maximum absolute atomic E-state index is 8.45. The summed E-state index contributed by atoms with van der Waals surface area (Å²) < 4.78 is 0. The average molecular weight is 224 g/mol. The van der Waals surface area contributed by atoms with Crippen LogP contribution in [0.3, 0.4) is 0 Å². The van der Waals surface area contributed by atoms with Gasteiger partial charge in [-0.15, -0.1) is 0 Å². The van der Waals surface area contributed by atoms with Crippen LogP contribution in [-0.4, -0.2) is 58.1 Å². The molecule has 0 bridgehead atoms. The lowest BCUT2D eigenvalue weighted by molar-refractivity contribution is 0.0721. The van der Waals surface area contributed by atoms with Crippen molar-refractivity contribution in [3.8, 4) is 0 Å². The lowest BCUT2D eigenvalue weighted by atomic mass is 10.2. The fourth-order valence-corrected chi connectivity index (χ4v) is 0.817. The van der Waals surface area contributed by atoms with Gasteiger partial charge in [-0.1, -0.05) is 12.8 Å². The summed E-state index contributed by atoms with van der Waals surface area (Å²) >= 11 is 0. The van der Waals surface area contributed by atoms with E-state index >= 15 is 0 Å². The summed E-state index contributed by atoms with van der Waals surface area (Å²) in [5, 5.41) is 41.3. The van der Waals surface area contributed by atoms with Crippen molar-refractivity contribution in [1.29, 1.82) is 0 Å². The molecule has 0 radical (unpaired) electrons. The minimum absolute atomic E-state index is 0.0677. The van der Waals surface area contributed by atoms with Gasteiger partial charge in [0.1, 0.15) is 0 Å². The molecule has 0 spiro atoms. The van der Waals surface area contributed by atoms with Crippen LogP contribution >= 0.6 is 0 Å². The Bertz CT molecular complexity index is 93.8. The predicted octanol–water partition coefficient (Wildman–Crippen LogP) is -0.747. The Morgan fingerprint density at radius 3 is 1.33 bits per heavy atom. The molecule has 15 heavy (non-hydrogen) atoms. The zero-order valence-corrected chi connectivity index (χ0v) is 9.18. The predicted molar refractivity (Wildman–Crippen MR) is 57.4 cm³/mol. The molecule has 5 nitrogen and oxygen atoms in total. The topological polar surface area (TPSA) is 101 Å². The van der Waals surface area contributed by atoms with Gasteiger partial charge in [-0.3, -0.25) is 0 Å². The summed E-state index contributed by atoms with van der Waals surface area (Å²) in [5.74, 6) is 0. The van der Waals surface area contributed by atoms with Crippen LogP contribution in [0.5, 0.6) is 0 Å². The zero-order chi connectivity index (χ0) is 11.9. The van der Waals surface area contributed by atoms with Gasteiger partial charge in [0.15, 0.2) is 0 Å². The molecule has 0 amide bonds. The van der Waals surface area contributed by atoms with Crippen molar-refractivity contribution in [3.63, 3.8) is 0 Å². The molecule has 0 rings (SSSR count). The van der Waals surface area contributed by atoms with E-state index in [9.17, 15) is 0 Å². The molecule has 0 aromatic carbocycles. The van der Waals surface area contributed by atoms with Gasteiger partial charge in [0.2, 0.25) is 0 Å². The highest BCUT2D eigenvalue weighted by Crippen LogP contribution is 1.96. The smallest absolute Gasteiger partial charge is 0.0792 e. The fraction of sp³-hybridized carbons (Fsp3) is 1.00. The lowest BCUT2D eigenvalue weighted by Gasteiger charge is -2.00. The van der Waals surface area contributed by atoms with E-state index in [-0.39, 0.29) is 32.8 Å². The molecular weight excluding hydrogens is 200 g/mol.